The highest BCUT2D eigenvalue weighted by Crippen LogP contribution is 2.42. The van der Waals surface area contributed by atoms with E-state index in [0.29, 0.717) is 12.0 Å². The van der Waals surface area contributed by atoms with Gasteiger partial charge in [0.15, 0.2) is 0 Å². The second kappa shape index (κ2) is 6.44. The first-order chi connectivity index (χ1) is 9.02. The van der Waals surface area contributed by atoms with Crippen molar-refractivity contribution in [2.75, 3.05) is 13.2 Å². The molecule has 0 heterocycles. The van der Waals surface area contributed by atoms with Gasteiger partial charge in [-0.25, -0.2) is 0 Å². The lowest BCUT2D eigenvalue weighted by Gasteiger charge is -2.52. The minimum atomic E-state index is -0.420. The van der Waals surface area contributed by atoms with Crippen LogP contribution < -0.4 is 5.32 Å². The number of nitrogens with one attached hydrogen (secondary N) is 1. The first kappa shape index (κ1) is 17.4. The van der Waals surface area contributed by atoms with E-state index in [1.807, 2.05) is 20.8 Å². The average molecular weight is 285 g/mol. The van der Waals surface area contributed by atoms with Crippen LogP contribution in [0.15, 0.2) is 0 Å². The maximum atomic E-state index is 11.7. The summed E-state index contributed by atoms with van der Waals surface area (Å²) < 4.78 is 11.2. The standard InChI is InChI=1S/C16H31NO3/c1-11(2)10-19-13-8-12(16(13,6)7)17-9-14(18)20-15(3,4)5/h11-13,17H,8-10H2,1-7H3. The number of esters is 1. The monoisotopic (exact) mass is 285 g/mol. The average Bonchev–Trinajstić information content (AvgIpc) is 2.23. The molecule has 0 aromatic carbocycles. The van der Waals surface area contributed by atoms with Crippen LogP contribution >= 0.6 is 0 Å². The number of hydrogen-bond acceptors (Lipinski definition) is 4. The van der Waals surface area contributed by atoms with E-state index in [4.69, 9.17) is 9.47 Å². The first-order valence-electron chi connectivity index (χ1n) is 7.59. The van der Waals surface area contributed by atoms with Crippen molar-refractivity contribution in [1.82, 2.24) is 5.32 Å². The molecule has 0 saturated heterocycles. The molecule has 4 heteroatoms. The van der Waals surface area contributed by atoms with Gasteiger partial charge in [-0.15, -0.1) is 0 Å². The summed E-state index contributed by atoms with van der Waals surface area (Å²) >= 11 is 0. The largest absolute Gasteiger partial charge is 0.459 e. The quantitative estimate of drug-likeness (QED) is 0.762. The van der Waals surface area contributed by atoms with Gasteiger partial charge in [0.1, 0.15) is 5.60 Å². The Morgan fingerprint density at radius 2 is 1.95 bits per heavy atom. The molecule has 0 aromatic heterocycles. The highest BCUT2D eigenvalue weighted by molar-refractivity contribution is 5.72. The van der Waals surface area contributed by atoms with E-state index in [0.717, 1.165) is 13.0 Å². The van der Waals surface area contributed by atoms with Crippen molar-refractivity contribution in [3.63, 3.8) is 0 Å². The highest BCUT2D eigenvalue weighted by atomic mass is 16.6. The molecule has 20 heavy (non-hydrogen) atoms. The third kappa shape index (κ3) is 5.06. The summed E-state index contributed by atoms with van der Waals surface area (Å²) in [5, 5.41) is 3.29. The van der Waals surface area contributed by atoms with Crippen molar-refractivity contribution >= 4 is 5.97 Å². The molecule has 4 nitrogen and oxygen atoms in total. The van der Waals surface area contributed by atoms with Gasteiger partial charge in [-0.1, -0.05) is 27.7 Å². The van der Waals surface area contributed by atoms with Crippen molar-refractivity contribution in [2.24, 2.45) is 11.3 Å². The van der Waals surface area contributed by atoms with Gasteiger partial charge in [0, 0.05) is 18.1 Å². The van der Waals surface area contributed by atoms with Gasteiger partial charge in [-0.2, -0.15) is 0 Å². The van der Waals surface area contributed by atoms with Gasteiger partial charge < -0.3 is 14.8 Å². The lowest BCUT2D eigenvalue weighted by molar-refractivity contribution is -0.156. The summed E-state index contributed by atoms with van der Waals surface area (Å²) in [6.45, 7) is 15.4. The van der Waals surface area contributed by atoms with Crippen molar-refractivity contribution in [1.29, 1.82) is 0 Å². The van der Waals surface area contributed by atoms with E-state index in [9.17, 15) is 4.79 Å². The molecule has 1 saturated carbocycles. The van der Waals surface area contributed by atoms with Crippen LogP contribution in [-0.4, -0.2) is 36.9 Å². The second-order valence-corrected chi connectivity index (χ2v) is 7.79. The van der Waals surface area contributed by atoms with E-state index in [-0.39, 0.29) is 24.0 Å². The second-order valence-electron chi connectivity index (χ2n) is 7.79. The van der Waals surface area contributed by atoms with Gasteiger partial charge in [0.2, 0.25) is 0 Å². The third-order valence-corrected chi connectivity index (χ3v) is 3.72. The minimum absolute atomic E-state index is 0.0664. The van der Waals surface area contributed by atoms with Crippen LogP contribution in [0.3, 0.4) is 0 Å². The maximum Gasteiger partial charge on any atom is 0.320 e. The number of carbonyl (C=O) groups excluding carboxylic acids is 1. The van der Waals surface area contributed by atoms with Crippen LogP contribution in [0.25, 0.3) is 0 Å². The van der Waals surface area contributed by atoms with Crippen LogP contribution in [-0.2, 0) is 14.3 Å². The van der Waals surface area contributed by atoms with Gasteiger partial charge in [0.05, 0.1) is 12.6 Å². The number of rotatable bonds is 6. The molecule has 0 bridgehead atoms. The van der Waals surface area contributed by atoms with Crippen LogP contribution in [0, 0.1) is 11.3 Å². The van der Waals surface area contributed by atoms with Crippen LogP contribution in [0.2, 0.25) is 0 Å². The Labute approximate surface area is 123 Å². The molecule has 0 radical (unpaired) electrons. The van der Waals surface area contributed by atoms with Crippen molar-refractivity contribution in [2.45, 2.75) is 72.6 Å². The van der Waals surface area contributed by atoms with Crippen molar-refractivity contribution < 1.29 is 14.3 Å². The molecular weight excluding hydrogens is 254 g/mol. The zero-order valence-corrected chi connectivity index (χ0v) is 14.1. The molecule has 0 aliphatic heterocycles. The molecule has 2 unspecified atom stereocenters. The van der Waals surface area contributed by atoms with E-state index in [1.165, 1.54) is 0 Å². The van der Waals surface area contributed by atoms with Crippen molar-refractivity contribution in [3.05, 3.63) is 0 Å². The zero-order chi connectivity index (χ0) is 15.6. The summed E-state index contributed by atoms with van der Waals surface area (Å²) in [6, 6.07) is 0.312. The minimum Gasteiger partial charge on any atom is -0.459 e. The third-order valence-electron chi connectivity index (χ3n) is 3.72. The smallest absolute Gasteiger partial charge is 0.320 e. The molecule has 2 atom stereocenters. The number of carbonyl (C=O) groups is 1. The molecule has 0 aromatic rings. The highest BCUT2D eigenvalue weighted by Gasteiger charge is 2.48. The molecule has 0 amide bonds. The lowest BCUT2D eigenvalue weighted by Crippen LogP contribution is -2.61. The van der Waals surface area contributed by atoms with E-state index >= 15 is 0 Å². The van der Waals surface area contributed by atoms with E-state index in [2.05, 4.69) is 33.0 Å². The predicted molar refractivity (Wildman–Crippen MR) is 80.6 cm³/mol. The van der Waals surface area contributed by atoms with Crippen molar-refractivity contribution in [3.8, 4) is 0 Å². The summed E-state index contributed by atoms with van der Waals surface area (Å²) in [5.41, 5.74) is -0.353. The Morgan fingerprint density at radius 3 is 2.40 bits per heavy atom. The molecule has 1 fully saturated rings. The van der Waals surface area contributed by atoms with Gasteiger partial charge in [-0.3, -0.25) is 4.79 Å². The first-order valence-corrected chi connectivity index (χ1v) is 7.59. The number of hydrogen-bond donors (Lipinski definition) is 1. The number of ether oxygens (including phenoxy) is 2. The molecule has 1 aliphatic carbocycles. The fraction of sp³-hybridized carbons (Fsp3) is 0.938. The Hall–Kier alpha value is -0.610. The van der Waals surface area contributed by atoms with Gasteiger partial charge >= 0.3 is 5.97 Å². The topological polar surface area (TPSA) is 47.6 Å². The van der Waals surface area contributed by atoms with Gasteiger partial charge in [0.25, 0.3) is 0 Å². The van der Waals surface area contributed by atoms with E-state index in [1.54, 1.807) is 0 Å². The Balaban J connectivity index is 2.32. The molecule has 1 N–H and O–H groups in total. The molecular formula is C16H31NO3. The summed E-state index contributed by atoms with van der Waals surface area (Å²) in [5.74, 6) is 0.361. The molecule has 118 valence electrons. The zero-order valence-electron chi connectivity index (χ0n) is 14.1. The van der Waals surface area contributed by atoms with Crippen LogP contribution in [0.4, 0.5) is 0 Å². The SMILES string of the molecule is CC(C)COC1CC(NCC(=O)OC(C)(C)C)C1(C)C. The fourth-order valence-corrected chi connectivity index (χ4v) is 2.41. The normalized spacial score (nSPS) is 25.4. The maximum absolute atomic E-state index is 11.7. The van der Waals surface area contributed by atoms with Crippen LogP contribution in [0.1, 0.15) is 54.9 Å². The molecule has 1 rings (SSSR count). The van der Waals surface area contributed by atoms with Crippen LogP contribution in [0.5, 0.6) is 0 Å². The Bertz CT molecular complexity index is 331. The Morgan fingerprint density at radius 1 is 1.35 bits per heavy atom. The summed E-state index contributed by atoms with van der Waals surface area (Å²) in [6.07, 6.45) is 1.24. The van der Waals surface area contributed by atoms with E-state index < -0.39 is 5.60 Å². The Kier molecular flexibility index (Phi) is 5.61. The molecule has 0 spiro atoms. The summed E-state index contributed by atoms with van der Waals surface area (Å²) in [7, 11) is 0. The fourth-order valence-electron chi connectivity index (χ4n) is 2.41. The lowest BCUT2D eigenvalue weighted by atomic mass is 9.64. The van der Waals surface area contributed by atoms with Gasteiger partial charge in [-0.05, 0) is 33.1 Å². The molecule has 1 aliphatic rings. The predicted octanol–water partition coefficient (Wildman–Crippen LogP) is 2.76. The summed E-state index contributed by atoms with van der Waals surface area (Å²) in [4.78, 5) is 11.7.